The van der Waals surface area contributed by atoms with Gasteiger partial charge in [0, 0.05) is 65.8 Å². The molecule has 27 rings (SSSR count). The lowest BCUT2D eigenvalue weighted by Crippen LogP contribution is -2.26. The molecule has 0 saturated heterocycles. The van der Waals surface area contributed by atoms with Gasteiger partial charge in [0.15, 0.2) is 11.4 Å². The van der Waals surface area contributed by atoms with Gasteiger partial charge in [-0.15, -0.1) is 0 Å². The van der Waals surface area contributed by atoms with Crippen LogP contribution in [0.3, 0.4) is 0 Å². The molecule has 0 aliphatic heterocycles. The molecule has 0 unspecified atom stereocenters. The number of hydrogen-bond donors (Lipinski definition) is 0. The second-order valence-electron chi connectivity index (χ2n) is 33.7. The summed E-state index contributed by atoms with van der Waals surface area (Å²) in [7, 11) is 0. The number of fused-ring (bicyclic) bond motifs is 32. The van der Waals surface area contributed by atoms with Crippen LogP contribution < -0.4 is 0 Å². The van der Waals surface area contributed by atoms with Crippen LogP contribution in [0.25, 0.3) is 198 Å². The zero-order valence-corrected chi connectivity index (χ0v) is 68.0. The molecule has 7 nitrogen and oxygen atoms in total. The summed E-state index contributed by atoms with van der Waals surface area (Å²) >= 11 is 0. The SMILES string of the molecule is N#Cc1ccc2c(c1)C1(c3ccccc3-c3ccccc31)c1cc(-n3c4ccccc4c4cc(-c5ccc6c(c5)c5ccccc5n6-c5ccccc5)ccc43)ccc1-2.[C-]#[N+]c1ccc2c(c1)C1(c3ccccc3-c3ccc(-c4ccc5c(c4)c4cc(-c6ccc7c(c6)c6ccccc6n7-c6ccccc6)ccc4n5-c4ccccc4)cc31)c1cc([N+]#[C-])ccc1-2. The minimum Gasteiger partial charge on any atom is -0.309 e. The van der Waals surface area contributed by atoms with E-state index in [0.29, 0.717) is 16.9 Å². The highest BCUT2D eigenvalue weighted by Crippen LogP contribution is 2.66. The van der Waals surface area contributed by atoms with Crippen LogP contribution in [0, 0.1) is 24.5 Å². The Kier molecular flexibility index (Phi) is 15.1. The standard InChI is InChI=1S/C63H36N4.C56H33N3/c1-64-43-25-28-49-50-29-26-44(65-2)38-58(50)63(57(49)37-43)55-19-11-9-17-47(55)48-27-21-42(36-56(48)63)41-24-32-62-54(35-41)53-34-40(23-31-61(53)67(62)46-15-7-4-8-16-46)39-22-30-60-52(33-39)51-18-10-12-20-59(51)66(60)45-13-5-3-6-14-45;57-34-35-22-26-42-43-27-25-39(33-51(43)56(50(42)30-35)48-18-8-4-14-40(48)41-15-5-9-19-49(41)56)59-53-21-11-7-17-45(53)47-32-37(24-29-55(47)59)36-23-28-54-46(31-36)44-16-6-10-20-52(44)58(54)38-12-2-1-3-13-38/h3-38H;1-33H. The van der Waals surface area contributed by atoms with Crippen molar-refractivity contribution in [2.45, 2.75) is 10.8 Å². The summed E-state index contributed by atoms with van der Waals surface area (Å²) in [4.78, 5) is 7.83. The number of nitriles is 1. The van der Waals surface area contributed by atoms with Gasteiger partial charge >= 0.3 is 0 Å². The van der Waals surface area contributed by atoms with Crippen molar-refractivity contribution in [3.63, 3.8) is 0 Å². The van der Waals surface area contributed by atoms with Crippen molar-refractivity contribution in [3.05, 3.63) is 491 Å². The second kappa shape index (κ2) is 26.9. The van der Waals surface area contributed by atoms with E-state index in [-0.39, 0.29) is 0 Å². The van der Waals surface area contributed by atoms with Gasteiger partial charge in [0.05, 0.1) is 79.7 Å². The number of nitrogens with zero attached hydrogens (tertiary/aromatic N) is 7. The van der Waals surface area contributed by atoms with Crippen molar-refractivity contribution >= 4 is 98.6 Å². The Morgan fingerprint density at radius 1 is 0.198 bits per heavy atom. The van der Waals surface area contributed by atoms with Gasteiger partial charge in [-0.3, -0.25) is 0 Å². The molecule has 0 fully saturated rings. The first-order chi connectivity index (χ1) is 62.3. The second-order valence-corrected chi connectivity index (χ2v) is 33.7. The number of rotatable bonds is 7. The molecule has 0 bridgehead atoms. The Bertz CT molecular complexity index is 8720. The monoisotopic (exact) mass is 1600 g/mol. The number of para-hydroxylation sites is 6. The van der Waals surface area contributed by atoms with Crippen LogP contribution in [0.5, 0.6) is 0 Å². The summed E-state index contributed by atoms with van der Waals surface area (Å²) in [5, 5.41) is 19.9. The largest absolute Gasteiger partial charge is 0.309 e. The molecular weight excluding hydrogens is 1530 g/mol. The van der Waals surface area contributed by atoms with Crippen LogP contribution in [-0.2, 0) is 10.8 Å². The van der Waals surface area contributed by atoms with Gasteiger partial charge < -0.3 is 18.3 Å². The van der Waals surface area contributed by atoms with E-state index in [1.165, 1.54) is 160 Å². The van der Waals surface area contributed by atoms with Crippen molar-refractivity contribution < 1.29 is 0 Å². The Hall–Kier alpha value is -17.2. The predicted molar refractivity (Wildman–Crippen MR) is 516 cm³/mol. The Morgan fingerprint density at radius 2 is 0.460 bits per heavy atom. The van der Waals surface area contributed by atoms with E-state index in [1.54, 1.807) is 0 Å². The first-order valence-corrected chi connectivity index (χ1v) is 42.9. The van der Waals surface area contributed by atoms with Gasteiger partial charge in [-0.1, -0.05) is 273 Å². The molecule has 4 aliphatic rings. The molecule has 0 atom stereocenters. The molecule has 580 valence electrons. The Balaban J connectivity index is 0.000000135. The third-order valence-corrected chi connectivity index (χ3v) is 27.7. The lowest BCUT2D eigenvalue weighted by atomic mass is 9.70. The van der Waals surface area contributed by atoms with Crippen molar-refractivity contribution in [2.75, 3.05) is 0 Å². The van der Waals surface area contributed by atoms with E-state index < -0.39 is 10.8 Å². The maximum absolute atomic E-state index is 10.1. The average Bonchev–Trinajstić information content (AvgIpc) is 1.51. The molecule has 2 spiro atoms. The third kappa shape index (κ3) is 9.84. The first-order valence-electron chi connectivity index (χ1n) is 42.9. The van der Waals surface area contributed by atoms with E-state index >= 15 is 0 Å². The number of hydrogen-bond acceptors (Lipinski definition) is 1. The van der Waals surface area contributed by atoms with Gasteiger partial charge in [0.2, 0.25) is 0 Å². The van der Waals surface area contributed by atoms with Gasteiger partial charge in [-0.2, -0.15) is 5.26 Å². The first kappa shape index (κ1) is 70.7. The molecule has 19 aromatic carbocycles. The molecule has 4 aliphatic carbocycles. The normalized spacial score (nSPS) is 13.0. The van der Waals surface area contributed by atoms with E-state index in [9.17, 15) is 5.26 Å². The zero-order chi connectivity index (χ0) is 83.2. The van der Waals surface area contributed by atoms with Gasteiger partial charge in [0.1, 0.15) is 0 Å². The molecule has 0 amide bonds. The smallest absolute Gasteiger partial charge is 0.187 e. The lowest BCUT2D eigenvalue weighted by molar-refractivity contribution is 0.792. The van der Waals surface area contributed by atoms with Crippen LogP contribution in [0.1, 0.15) is 50.1 Å². The Morgan fingerprint density at radius 3 is 0.841 bits per heavy atom. The van der Waals surface area contributed by atoms with Crippen molar-refractivity contribution in [1.29, 1.82) is 5.26 Å². The van der Waals surface area contributed by atoms with Crippen molar-refractivity contribution in [2.24, 2.45) is 0 Å². The molecule has 4 heterocycles. The van der Waals surface area contributed by atoms with E-state index in [4.69, 9.17) is 13.1 Å². The minimum absolute atomic E-state index is 0.547. The van der Waals surface area contributed by atoms with Gasteiger partial charge in [-0.25, -0.2) is 9.69 Å². The van der Waals surface area contributed by atoms with E-state index in [0.717, 1.165) is 72.7 Å². The summed E-state index contributed by atoms with van der Waals surface area (Å²) in [5.74, 6) is 0. The fourth-order valence-corrected chi connectivity index (χ4v) is 22.5. The Labute approximate surface area is 726 Å². The molecule has 23 aromatic rings. The summed E-state index contributed by atoms with van der Waals surface area (Å²) in [6.07, 6.45) is 0. The third-order valence-electron chi connectivity index (χ3n) is 27.7. The average molecular weight is 1600 g/mol. The lowest BCUT2D eigenvalue weighted by Gasteiger charge is -2.31. The van der Waals surface area contributed by atoms with Crippen LogP contribution in [0.4, 0.5) is 11.4 Å². The number of benzene rings is 19. The summed E-state index contributed by atoms with van der Waals surface area (Å²) < 4.78 is 9.57. The highest BCUT2D eigenvalue weighted by molar-refractivity contribution is 6.16. The van der Waals surface area contributed by atoms with Crippen LogP contribution in [-0.4, -0.2) is 18.3 Å². The van der Waals surface area contributed by atoms with E-state index in [1.807, 2.05) is 18.2 Å². The van der Waals surface area contributed by atoms with Crippen LogP contribution in [0.2, 0.25) is 0 Å². The predicted octanol–water partition coefficient (Wildman–Crippen LogP) is 30.4. The van der Waals surface area contributed by atoms with Crippen LogP contribution >= 0.6 is 0 Å². The molecular formula is C119H69N7. The molecule has 126 heavy (non-hydrogen) atoms. The molecule has 0 N–H and O–H groups in total. The summed E-state index contributed by atoms with van der Waals surface area (Å²) in [5.41, 5.74) is 40.6. The minimum atomic E-state index is -0.690. The fraction of sp³-hybridized carbons (Fsp3) is 0.0168. The maximum atomic E-state index is 10.1. The molecule has 7 heteroatoms. The van der Waals surface area contributed by atoms with Gasteiger partial charge in [0.25, 0.3) is 0 Å². The highest BCUT2D eigenvalue weighted by atomic mass is 15.0. The zero-order valence-electron chi connectivity index (χ0n) is 68.0. The highest BCUT2D eigenvalue weighted by Gasteiger charge is 2.54. The van der Waals surface area contributed by atoms with Crippen molar-refractivity contribution in [1.82, 2.24) is 18.3 Å². The molecule has 0 saturated carbocycles. The number of aromatic nitrogens is 4. The quantitative estimate of drug-likeness (QED) is 0.147. The van der Waals surface area contributed by atoms with Crippen molar-refractivity contribution in [3.8, 4) is 107 Å². The van der Waals surface area contributed by atoms with E-state index in [2.05, 4.69) is 434 Å². The summed E-state index contributed by atoms with van der Waals surface area (Å²) in [6.45, 7) is 16.1. The van der Waals surface area contributed by atoms with Crippen LogP contribution in [0.15, 0.2) is 419 Å². The summed E-state index contributed by atoms with van der Waals surface area (Å²) in [6, 6.07) is 154. The molecule has 4 aromatic heterocycles. The maximum Gasteiger partial charge on any atom is 0.187 e. The fourth-order valence-electron chi connectivity index (χ4n) is 22.5. The topological polar surface area (TPSA) is 52.2 Å². The van der Waals surface area contributed by atoms with Gasteiger partial charge in [-0.05, 0) is 268 Å². The molecule has 0 radical (unpaired) electrons.